The first-order chi connectivity index (χ1) is 9.71. The fraction of sp³-hybridized carbons (Fsp3) is 0.357. The number of ether oxygens (including phenoxy) is 1. The molecule has 1 aromatic heterocycles. The Hall–Kier alpha value is -2.39. The van der Waals surface area contributed by atoms with Crippen LogP contribution in [0.1, 0.15) is 31.3 Å². The summed E-state index contributed by atoms with van der Waals surface area (Å²) in [6.45, 7) is 4.96. The Kier molecular flexibility index (Phi) is 4.33. The van der Waals surface area contributed by atoms with Crippen LogP contribution in [0.25, 0.3) is 5.69 Å². The molecule has 6 nitrogen and oxygen atoms in total. The maximum atomic E-state index is 8.84. The molecule has 1 aromatic carbocycles. The minimum absolute atomic E-state index is 0.0980. The standard InChI is InChI=1S/C14H17N5O/c1-4-16-10(2)14-11(6-5-7-12(14)20-3)19-9-17-13(8-15)18-19/h5-7,9-10,16H,4H2,1-3H3. The predicted molar refractivity (Wildman–Crippen MR) is 74.7 cm³/mol. The normalized spacial score (nSPS) is 11.9. The Labute approximate surface area is 118 Å². The van der Waals surface area contributed by atoms with Gasteiger partial charge in [0.2, 0.25) is 0 Å². The van der Waals surface area contributed by atoms with Crippen LogP contribution >= 0.6 is 0 Å². The maximum Gasteiger partial charge on any atom is 0.252 e. The fourth-order valence-corrected chi connectivity index (χ4v) is 2.18. The summed E-state index contributed by atoms with van der Waals surface area (Å²) in [4.78, 5) is 3.94. The number of benzene rings is 1. The molecule has 0 spiro atoms. The quantitative estimate of drug-likeness (QED) is 0.897. The van der Waals surface area contributed by atoms with E-state index in [4.69, 9.17) is 10.00 Å². The molecule has 0 bridgehead atoms. The zero-order valence-electron chi connectivity index (χ0n) is 11.8. The molecule has 0 saturated heterocycles. The second-order valence-corrected chi connectivity index (χ2v) is 4.30. The second kappa shape index (κ2) is 6.17. The number of aromatic nitrogens is 3. The average Bonchev–Trinajstić information content (AvgIpc) is 2.95. The van der Waals surface area contributed by atoms with E-state index in [0.717, 1.165) is 23.5 Å². The van der Waals surface area contributed by atoms with Crippen molar-refractivity contribution in [2.45, 2.75) is 19.9 Å². The Morgan fingerprint density at radius 1 is 1.50 bits per heavy atom. The van der Waals surface area contributed by atoms with Crippen LogP contribution in [0.15, 0.2) is 24.5 Å². The third-order valence-electron chi connectivity index (χ3n) is 3.05. The van der Waals surface area contributed by atoms with Crippen molar-refractivity contribution in [3.05, 3.63) is 35.9 Å². The van der Waals surface area contributed by atoms with E-state index < -0.39 is 0 Å². The molecular weight excluding hydrogens is 254 g/mol. The fourth-order valence-electron chi connectivity index (χ4n) is 2.18. The van der Waals surface area contributed by atoms with Gasteiger partial charge in [-0.2, -0.15) is 5.26 Å². The SMILES string of the molecule is CCNC(C)c1c(OC)cccc1-n1cnc(C#N)n1. The number of hydrogen-bond donors (Lipinski definition) is 1. The Morgan fingerprint density at radius 2 is 2.30 bits per heavy atom. The Morgan fingerprint density at radius 3 is 2.90 bits per heavy atom. The van der Waals surface area contributed by atoms with E-state index in [1.807, 2.05) is 24.3 Å². The highest BCUT2D eigenvalue weighted by Crippen LogP contribution is 2.30. The smallest absolute Gasteiger partial charge is 0.252 e. The van der Waals surface area contributed by atoms with Gasteiger partial charge in [-0.05, 0) is 25.6 Å². The highest BCUT2D eigenvalue weighted by molar-refractivity contribution is 5.51. The topological polar surface area (TPSA) is 75.8 Å². The number of methoxy groups -OCH3 is 1. The molecule has 1 atom stereocenters. The Balaban J connectivity index is 2.54. The first-order valence-electron chi connectivity index (χ1n) is 6.43. The lowest BCUT2D eigenvalue weighted by Crippen LogP contribution is -2.20. The summed E-state index contributed by atoms with van der Waals surface area (Å²) in [6.07, 6.45) is 1.54. The van der Waals surface area contributed by atoms with Crippen molar-refractivity contribution < 1.29 is 4.74 Å². The lowest BCUT2D eigenvalue weighted by Gasteiger charge is -2.20. The zero-order valence-corrected chi connectivity index (χ0v) is 11.8. The lowest BCUT2D eigenvalue weighted by atomic mass is 10.0. The van der Waals surface area contributed by atoms with Gasteiger partial charge in [-0.25, -0.2) is 9.67 Å². The van der Waals surface area contributed by atoms with Gasteiger partial charge in [-0.3, -0.25) is 0 Å². The van der Waals surface area contributed by atoms with Crippen molar-refractivity contribution in [3.8, 4) is 17.5 Å². The Bertz CT molecular complexity index is 629. The highest BCUT2D eigenvalue weighted by atomic mass is 16.5. The van der Waals surface area contributed by atoms with Crippen LogP contribution < -0.4 is 10.1 Å². The van der Waals surface area contributed by atoms with E-state index in [1.165, 1.54) is 6.33 Å². The van der Waals surface area contributed by atoms with Gasteiger partial charge in [-0.1, -0.05) is 13.0 Å². The van der Waals surface area contributed by atoms with Gasteiger partial charge < -0.3 is 10.1 Å². The molecule has 0 aliphatic rings. The molecule has 6 heteroatoms. The van der Waals surface area contributed by atoms with Crippen LogP contribution in [-0.2, 0) is 0 Å². The van der Waals surface area contributed by atoms with Crippen molar-refractivity contribution in [1.29, 1.82) is 5.26 Å². The van der Waals surface area contributed by atoms with Crippen molar-refractivity contribution in [2.75, 3.05) is 13.7 Å². The molecule has 20 heavy (non-hydrogen) atoms. The van der Waals surface area contributed by atoms with Crippen LogP contribution in [0.2, 0.25) is 0 Å². The molecule has 0 saturated carbocycles. The van der Waals surface area contributed by atoms with Gasteiger partial charge in [-0.15, -0.1) is 5.10 Å². The molecule has 0 aliphatic carbocycles. The summed E-state index contributed by atoms with van der Waals surface area (Å²) in [5.74, 6) is 0.930. The number of nitriles is 1. The molecule has 0 radical (unpaired) electrons. The third-order valence-corrected chi connectivity index (χ3v) is 3.05. The predicted octanol–water partition coefficient (Wildman–Crippen LogP) is 1.82. The van der Waals surface area contributed by atoms with Gasteiger partial charge in [0, 0.05) is 11.6 Å². The summed E-state index contributed by atoms with van der Waals surface area (Å²) in [7, 11) is 1.64. The number of rotatable bonds is 5. The van der Waals surface area contributed by atoms with Crippen molar-refractivity contribution in [3.63, 3.8) is 0 Å². The minimum Gasteiger partial charge on any atom is -0.496 e. The van der Waals surface area contributed by atoms with Gasteiger partial charge in [0.1, 0.15) is 18.1 Å². The summed E-state index contributed by atoms with van der Waals surface area (Å²) >= 11 is 0. The zero-order chi connectivity index (χ0) is 14.5. The first kappa shape index (κ1) is 14.0. The van der Waals surface area contributed by atoms with E-state index in [2.05, 4.69) is 29.2 Å². The molecule has 1 unspecified atom stereocenters. The molecule has 0 amide bonds. The van der Waals surface area contributed by atoms with Crippen LogP contribution in [0.4, 0.5) is 0 Å². The molecular formula is C14H17N5O. The van der Waals surface area contributed by atoms with Gasteiger partial charge >= 0.3 is 0 Å². The molecule has 1 heterocycles. The molecule has 2 aromatic rings. The van der Waals surface area contributed by atoms with Gasteiger partial charge in [0.25, 0.3) is 5.82 Å². The van der Waals surface area contributed by atoms with Crippen molar-refractivity contribution in [1.82, 2.24) is 20.1 Å². The van der Waals surface area contributed by atoms with E-state index >= 15 is 0 Å². The molecule has 0 fully saturated rings. The van der Waals surface area contributed by atoms with E-state index in [9.17, 15) is 0 Å². The van der Waals surface area contributed by atoms with Crippen LogP contribution in [0.3, 0.4) is 0 Å². The monoisotopic (exact) mass is 271 g/mol. The van der Waals surface area contributed by atoms with Crippen LogP contribution in [0, 0.1) is 11.3 Å². The molecule has 1 N–H and O–H groups in total. The third kappa shape index (κ3) is 2.63. The summed E-state index contributed by atoms with van der Waals surface area (Å²) in [6, 6.07) is 7.76. The largest absolute Gasteiger partial charge is 0.496 e. The van der Waals surface area contributed by atoms with E-state index in [0.29, 0.717) is 0 Å². The van der Waals surface area contributed by atoms with Crippen LogP contribution in [0.5, 0.6) is 5.75 Å². The van der Waals surface area contributed by atoms with Crippen LogP contribution in [-0.4, -0.2) is 28.4 Å². The molecule has 2 rings (SSSR count). The lowest BCUT2D eigenvalue weighted by molar-refractivity contribution is 0.401. The molecule has 104 valence electrons. The highest BCUT2D eigenvalue weighted by Gasteiger charge is 2.17. The van der Waals surface area contributed by atoms with E-state index in [1.54, 1.807) is 11.8 Å². The number of nitrogens with one attached hydrogen (secondary N) is 1. The first-order valence-corrected chi connectivity index (χ1v) is 6.43. The number of hydrogen-bond acceptors (Lipinski definition) is 5. The van der Waals surface area contributed by atoms with Crippen molar-refractivity contribution in [2.24, 2.45) is 0 Å². The summed E-state index contributed by atoms with van der Waals surface area (Å²) in [5, 5.41) is 16.3. The van der Waals surface area contributed by atoms with Gasteiger partial charge in [0.05, 0.1) is 12.8 Å². The van der Waals surface area contributed by atoms with Gasteiger partial charge in [0.15, 0.2) is 0 Å². The molecule has 0 aliphatic heterocycles. The van der Waals surface area contributed by atoms with E-state index in [-0.39, 0.29) is 11.9 Å². The van der Waals surface area contributed by atoms with Crippen molar-refractivity contribution >= 4 is 0 Å². The maximum absolute atomic E-state index is 8.84. The average molecular weight is 271 g/mol. The summed E-state index contributed by atoms with van der Waals surface area (Å²) < 4.78 is 7.04. The second-order valence-electron chi connectivity index (χ2n) is 4.30. The minimum atomic E-state index is 0.0980. The summed E-state index contributed by atoms with van der Waals surface area (Å²) in [5.41, 5.74) is 1.85. The number of nitrogens with zero attached hydrogens (tertiary/aromatic N) is 4.